The molecule has 45 heavy (non-hydrogen) atoms. The van der Waals surface area contributed by atoms with Gasteiger partial charge in [0, 0.05) is 36.0 Å². The van der Waals surface area contributed by atoms with Gasteiger partial charge < -0.3 is 19.3 Å². The molecule has 9 heteroatoms. The van der Waals surface area contributed by atoms with Crippen LogP contribution < -0.4 is 9.47 Å². The number of hydrogen-bond donors (Lipinski definition) is 1. The quantitative estimate of drug-likeness (QED) is 0.200. The fraction of sp³-hybridized carbons (Fsp3) is 0.250. The van der Waals surface area contributed by atoms with Crippen molar-refractivity contribution < 1.29 is 24.1 Å². The van der Waals surface area contributed by atoms with E-state index < -0.39 is 24.0 Å². The predicted molar refractivity (Wildman–Crippen MR) is 177 cm³/mol. The normalized spacial score (nSPS) is 15.2. The molecule has 1 N–H and O–H groups in total. The van der Waals surface area contributed by atoms with Gasteiger partial charge in [-0.25, -0.2) is 9.78 Å². The summed E-state index contributed by atoms with van der Waals surface area (Å²) in [7, 11) is 1.94. The molecule has 0 saturated carbocycles. The molecule has 3 heterocycles. The summed E-state index contributed by atoms with van der Waals surface area (Å²) in [6.07, 6.45) is 0.289. The number of rotatable bonds is 6. The summed E-state index contributed by atoms with van der Waals surface area (Å²) >= 11 is 1.54. The van der Waals surface area contributed by atoms with Gasteiger partial charge in [-0.3, -0.25) is 4.68 Å². The zero-order valence-corrected chi connectivity index (χ0v) is 26.7. The zero-order valence-electron chi connectivity index (χ0n) is 25.9. The van der Waals surface area contributed by atoms with Gasteiger partial charge >= 0.3 is 5.97 Å². The monoisotopic (exact) mass is 619 g/mol. The van der Waals surface area contributed by atoms with Crippen molar-refractivity contribution in [2.75, 3.05) is 0 Å². The van der Waals surface area contributed by atoms with Gasteiger partial charge in [-0.2, -0.15) is 5.10 Å². The molecule has 0 bridgehead atoms. The van der Waals surface area contributed by atoms with E-state index in [4.69, 9.17) is 19.2 Å². The van der Waals surface area contributed by atoms with Crippen molar-refractivity contribution in [3.63, 3.8) is 0 Å². The van der Waals surface area contributed by atoms with E-state index in [1.165, 1.54) is 0 Å². The SMILES string of the molecule is Cc1cc2nc(-c3cccc(-c4ccc5c(cnn5C)c4)c3)sc2c(-c2ccc3c(c2)OC(C)O3)c1C(OC(C)(C)C)C(=O)O. The van der Waals surface area contributed by atoms with Crippen molar-refractivity contribution in [1.29, 1.82) is 0 Å². The molecule has 8 nitrogen and oxygen atoms in total. The third-order valence-electron chi connectivity index (χ3n) is 7.89. The van der Waals surface area contributed by atoms with E-state index in [-0.39, 0.29) is 0 Å². The third kappa shape index (κ3) is 5.32. The van der Waals surface area contributed by atoms with Crippen LogP contribution in [0.1, 0.15) is 44.9 Å². The molecule has 2 unspecified atom stereocenters. The maximum absolute atomic E-state index is 12.8. The number of nitrogens with zero attached hydrogens (tertiary/aromatic N) is 3. The first kappa shape index (κ1) is 29.0. The van der Waals surface area contributed by atoms with Gasteiger partial charge in [0.05, 0.1) is 27.5 Å². The first-order chi connectivity index (χ1) is 21.4. The molecule has 0 fully saturated rings. The summed E-state index contributed by atoms with van der Waals surface area (Å²) in [5.74, 6) is 0.224. The molecule has 0 amide bonds. The Labute approximate surface area is 264 Å². The number of ether oxygens (including phenoxy) is 3. The number of carboxylic acids is 1. The Kier molecular flexibility index (Phi) is 6.91. The Morgan fingerprint density at radius 1 is 0.978 bits per heavy atom. The Morgan fingerprint density at radius 3 is 2.49 bits per heavy atom. The third-order valence-corrected chi connectivity index (χ3v) is 9.03. The first-order valence-electron chi connectivity index (χ1n) is 14.8. The highest BCUT2D eigenvalue weighted by atomic mass is 32.1. The number of aromatic nitrogens is 3. The van der Waals surface area contributed by atoms with Crippen LogP contribution in [0.25, 0.3) is 53.9 Å². The lowest BCUT2D eigenvalue weighted by Gasteiger charge is -2.28. The van der Waals surface area contributed by atoms with Gasteiger partial charge in [-0.1, -0.05) is 30.3 Å². The summed E-state index contributed by atoms with van der Waals surface area (Å²) in [4.78, 5) is 17.9. The fourth-order valence-electron chi connectivity index (χ4n) is 5.96. The second-order valence-electron chi connectivity index (χ2n) is 12.4. The van der Waals surface area contributed by atoms with Gasteiger partial charge in [0.2, 0.25) is 6.29 Å². The molecule has 4 aromatic carbocycles. The van der Waals surface area contributed by atoms with Gasteiger partial charge in [-0.15, -0.1) is 11.3 Å². The summed E-state index contributed by atoms with van der Waals surface area (Å²) in [6.45, 7) is 9.35. The highest BCUT2D eigenvalue weighted by Crippen LogP contribution is 2.47. The molecular weight excluding hydrogens is 586 g/mol. The van der Waals surface area contributed by atoms with E-state index in [0.29, 0.717) is 17.1 Å². The molecule has 1 aliphatic heterocycles. The van der Waals surface area contributed by atoms with Crippen molar-refractivity contribution in [3.8, 4) is 44.3 Å². The standard InChI is InChI=1S/C36H33N3O5S/c1-19-14-26-33(45-34(38-26)24-9-7-8-21(15-24)22-10-12-27-25(16-22)18-37-39(27)6)31(30(19)32(35(40)41)44-36(3,4)5)23-11-13-28-29(17-23)43-20(2)42-28/h7-18,20,32H,1-6H3,(H,40,41). The molecule has 2 aromatic heterocycles. The summed E-state index contributed by atoms with van der Waals surface area (Å²) in [5, 5.41) is 16.7. The first-order valence-corrected chi connectivity index (χ1v) is 15.6. The smallest absolute Gasteiger partial charge is 0.337 e. The Hall–Kier alpha value is -4.73. The topological polar surface area (TPSA) is 95.7 Å². The van der Waals surface area contributed by atoms with E-state index in [9.17, 15) is 9.90 Å². The number of carboxylic acid groups (broad SMARTS) is 1. The number of hydrogen-bond acceptors (Lipinski definition) is 7. The van der Waals surface area contributed by atoms with Gasteiger partial charge in [0.1, 0.15) is 5.01 Å². The number of benzene rings is 4. The molecule has 0 saturated heterocycles. The minimum atomic E-state index is -1.19. The number of aryl methyl sites for hydroxylation is 2. The van der Waals surface area contributed by atoms with Crippen molar-refractivity contribution in [2.24, 2.45) is 7.05 Å². The second kappa shape index (κ2) is 10.7. The largest absolute Gasteiger partial charge is 0.479 e. The van der Waals surface area contributed by atoms with E-state index in [1.807, 2.05) is 82.9 Å². The summed E-state index contributed by atoms with van der Waals surface area (Å²) in [5.41, 5.74) is 7.30. The van der Waals surface area contributed by atoms with Crippen molar-refractivity contribution in [2.45, 2.75) is 52.6 Å². The molecule has 2 atom stereocenters. The lowest BCUT2D eigenvalue weighted by atomic mass is 9.91. The Balaban J connectivity index is 1.41. The maximum Gasteiger partial charge on any atom is 0.337 e. The van der Waals surface area contributed by atoms with Crippen LogP contribution in [-0.2, 0) is 16.6 Å². The van der Waals surface area contributed by atoms with Gasteiger partial charge in [0.25, 0.3) is 0 Å². The van der Waals surface area contributed by atoms with Gasteiger partial charge in [-0.05, 0) is 86.3 Å². The van der Waals surface area contributed by atoms with Crippen LogP contribution >= 0.6 is 11.3 Å². The van der Waals surface area contributed by atoms with Gasteiger partial charge in [0.15, 0.2) is 17.6 Å². The minimum Gasteiger partial charge on any atom is -0.479 e. The predicted octanol–water partition coefficient (Wildman–Crippen LogP) is 8.55. The van der Waals surface area contributed by atoms with Crippen LogP contribution in [0.15, 0.2) is 72.9 Å². The van der Waals surface area contributed by atoms with Crippen LogP contribution in [0.3, 0.4) is 0 Å². The lowest BCUT2D eigenvalue weighted by molar-refractivity contribution is -0.160. The fourth-order valence-corrected chi connectivity index (χ4v) is 7.08. The van der Waals surface area contributed by atoms with Crippen LogP contribution in [0.4, 0.5) is 0 Å². The van der Waals surface area contributed by atoms with Crippen LogP contribution in [0, 0.1) is 6.92 Å². The maximum atomic E-state index is 12.8. The van der Waals surface area contributed by atoms with Crippen LogP contribution in [0.5, 0.6) is 11.5 Å². The molecule has 0 aliphatic carbocycles. The second-order valence-corrected chi connectivity index (χ2v) is 13.4. The number of thiazole rings is 1. The van der Waals surface area contributed by atoms with Crippen molar-refractivity contribution in [3.05, 3.63) is 84.1 Å². The molecule has 228 valence electrons. The summed E-state index contributed by atoms with van der Waals surface area (Å²) in [6, 6.07) is 22.4. The molecule has 7 rings (SSSR count). The highest BCUT2D eigenvalue weighted by Gasteiger charge is 2.33. The van der Waals surface area contributed by atoms with E-state index in [2.05, 4.69) is 41.5 Å². The zero-order chi connectivity index (χ0) is 31.6. The Bertz CT molecular complexity index is 2120. The van der Waals surface area contributed by atoms with E-state index in [1.54, 1.807) is 11.3 Å². The number of fused-ring (bicyclic) bond motifs is 3. The molecule has 6 aromatic rings. The van der Waals surface area contributed by atoms with Crippen LogP contribution in [-0.4, -0.2) is 37.7 Å². The van der Waals surface area contributed by atoms with Crippen molar-refractivity contribution in [1.82, 2.24) is 14.8 Å². The van der Waals surface area contributed by atoms with Crippen LogP contribution in [0.2, 0.25) is 0 Å². The summed E-state index contributed by atoms with van der Waals surface area (Å²) < 4.78 is 20.6. The highest BCUT2D eigenvalue weighted by molar-refractivity contribution is 7.22. The van der Waals surface area contributed by atoms with Crippen molar-refractivity contribution >= 4 is 38.4 Å². The molecule has 0 radical (unpaired) electrons. The average Bonchev–Trinajstić information content (AvgIpc) is 3.70. The minimum absolute atomic E-state index is 0.399. The average molecular weight is 620 g/mol. The van der Waals surface area contributed by atoms with E-state index in [0.717, 1.165) is 59.5 Å². The number of aliphatic carboxylic acids is 1. The molecule has 1 aliphatic rings. The Morgan fingerprint density at radius 2 is 1.71 bits per heavy atom. The lowest BCUT2D eigenvalue weighted by Crippen LogP contribution is -2.28. The van der Waals surface area contributed by atoms with E-state index >= 15 is 0 Å². The number of carbonyl (C=O) groups is 1. The molecule has 0 spiro atoms. The molecular formula is C36H33N3O5S.